The molecule has 0 saturated heterocycles. The minimum absolute atomic E-state index is 0.155. The third-order valence-corrected chi connectivity index (χ3v) is 6.22. The van der Waals surface area contributed by atoms with Crippen LogP contribution in [0, 0.1) is 0 Å². The van der Waals surface area contributed by atoms with Gasteiger partial charge < -0.3 is 19.1 Å². The van der Waals surface area contributed by atoms with Crippen LogP contribution in [0.1, 0.15) is 44.8 Å². The highest BCUT2D eigenvalue weighted by Crippen LogP contribution is 2.22. The van der Waals surface area contributed by atoms with E-state index in [0.717, 1.165) is 18.3 Å². The Labute approximate surface area is 205 Å². The molecule has 0 spiro atoms. The number of aryl methyl sites for hydroxylation is 1. The SMILES string of the molecule is Bc1c(OC)cc(C(=O)N(CCCc2ccccc2)Cc2nc(C(=O)OCC)cs2)cc1OC. The van der Waals surface area contributed by atoms with E-state index in [1.807, 2.05) is 26.0 Å². The van der Waals surface area contributed by atoms with Crippen molar-refractivity contribution in [3.05, 3.63) is 69.7 Å². The monoisotopic (exact) mass is 480 g/mol. The number of carbonyl (C=O) groups excluding carboxylic acids is 2. The third-order valence-electron chi connectivity index (χ3n) is 5.39. The first-order chi connectivity index (χ1) is 16.5. The molecule has 0 N–H and O–H groups in total. The Morgan fingerprint density at radius 1 is 1.09 bits per heavy atom. The predicted octanol–water partition coefficient (Wildman–Crippen LogP) is 2.87. The highest BCUT2D eigenvalue weighted by molar-refractivity contribution is 7.09. The summed E-state index contributed by atoms with van der Waals surface area (Å²) < 4.78 is 15.9. The topological polar surface area (TPSA) is 78.0 Å². The van der Waals surface area contributed by atoms with Gasteiger partial charge in [0.25, 0.3) is 5.91 Å². The van der Waals surface area contributed by atoms with Gasteiger partial charge in [-0.15, -0.1) is 11.3 Å². The third kappa shape index (κ3) is 6.38. The number of benzene rings is 2. The summed E-state index contributed by atoms with van der Waals surface area (Å²) >= 11 is 1.34. The van der Waals surface area contributed by atoms with Gasteiger partial charge in [0.15, 0.2) is 5.69 Å². The molecule has 1 amide bonds. The summed E-state index contributed by atoms with van der Waals surface area (Å²) in [6.07, 6.45) is 1.63. The zero-order chi connectivity index (χ0) is 24.5. The van der Waals surface area contributed by atoms with Gasteiger partial charge in [0.1, 0.15) is 24.4 Å². The summed E-state index contributed by atoms with van der Waals surface area (Å²) in [5.74, 6) is 0.564. The summed E-state index contributed by atoms with van der Waals surface area (Å²) in [4.78, 5) is 31.7. The van der Waals surface area contributed by atoms with Crippen molar-refractivity contribution in [1.82, 2.24) is 9.88 Å². The Kier molecular flexibility index (Phi) is 9.10. The van der Waals surface area contributed by atoms with Crippen LogP contribution in [0.3, 0.4) is 0 Å². The Hall–Kier alpha value is -3.33. The molecule has 0 aliphatic carbocycles. The second-order valence-corrected chi connectivity index (χ2v) is 8.61. The van der Waals surface area contributed by atoms with Crippen molar-refractivity contribution >= 4 is 36.5 Å². The molecule has 3 rings (SSSR count). The number of thiazole rings is 1. The second-order valence-electron chi connectivity index (χ2n) is 7.67. The van der Waals surface area contributed by atoms with Crippen LogP contribution in [0.25, 0.3) is 0 Å². The summed E-state index contributed by atoms with van der Waals surface area (Å²) in [5, 5.41) is 2.33. The first kappa shape index (κ1) is 25.3. The molecular weight excluding hydrogens is 451 g/mol. The number of nitrogens with zero attached hydrogens (tertiary/aromatic N) is 2. The van der Waals surface area contributed by atoms with E-state index in [1.165, 1.54) is 16.9 Å². The van der Waals surface area contributed by atoms with Gasteiger partial charge in [0, 0.05) is 17.5 Å². The number of ether oxygens (including phenoxy) is 3. The average Bonchev–Trinajstić information content (AvgIpc) is 3.33. The van der Waals surface area contributed by atoms with E-state index in [1.54, 1.807) is 43.6 Å². The first-order valence-corrected chi connectivity index (χ1v) is 12.0. The van der Waals surface area contributed by atoms with Crippen molar-refractivity contribution in [3.63, 3.8) is 0 Å². The number of rotatable bonds is 11. The molecule has 0 bridgehead atoms. The van der Waals surface area contributed by atoms with Crippen molar-refractivity contribution in [1.29, 1.82) is 0 Å². The summed E-state index contributed by atoms with van der Waals surface area (Å²) in [5.41, 5.74) is 2.78. The number of amides is 1. The standard InChI is InChI=1S/C25H29BN2O5S/c1-4-33-25(30)19-16-34-22(27-19)15-28(12-8-11-17-9-6-5-7-10-17)24(29)18-13-20(31-2)23(26)21(14-18)32-3/h5-7,9-10,13-14,16H,4,8,11-12,15,26H2,1-3H3. The van der Waals surface area contributed by atoms with Crippen LogP contribution in [0.15, 0.2) is 47.8 Å². The maximum atomic E-state index is 13.6. The molecule has 1 heterocycles. The Balaban J connectivity index is 1.83. The van der Waals surface area contributed by atoms with Crippen LogP contribution in [0.2, 0.25) is 0 Å². The van der Waals surface area contributed by atoms with Crippen LogP contribution in [0.5, 0.6) is 11.5 Å². The van der Waals surface area contributed by atoms with E-state index >= 15 is 0 Å². The van der Waals surface area contributed by atoms with Crippen molar-refractivity contribution in [2.45, 2.75) is 26.3 Å². The van der Waals surface area contributed by atoms with E-state index in [2.05, 4.69) is 17.1 Å². The Morgan fingerprint density at radius 2 is 1.76 bits per heavy atom. The Bertz CT molecular complexity index is 1090. The molecule has 9 heteroatoms. The van der Waals surface area contributed by atoms with Gasteiger partial charge in [0.2, 0.25) is 0 Å². The highest BCUT2D eigenvalue weighted by atomic mass is 32.1. The van der Waals surface area contributed by atoms with Gasteiger partial charge >= 0.3 is 5.97 Å². The molecule has 178 valence electrons. The fourth-order valence-corrected chi connectivity index (χ4v) is 4.39. The molecule has 34 heavy (non-hydrogen) atoms. The van der Waals surface area contributed by atoms with E-state index in [-0.39, 0.29) is 24.8 Å². The number of aromatic nitrogens is 1. The van der Waals surface area contributed by atoms with Gasteiger partial charge in [0.05, 0.1) is 27.4 Å². The molecule has 0 atom stereocenters. The number of carbonyl (C=O) groups is 2. The zero-order valence-corrected chi connectivity index (χ0v) is 20.8. The molecule has 2 aromatic carbocycles. The normalized spacial score (nSPS) is 10.6. The van der Waals surface area contributed by atoms with Crippen molar-refractivity contribution in [2.75, 3.05) is 27.4 Å². The highest BCUT2D eigenvalue weighted by Gasteiger charge is 2.21. The summed E-state index contributed by atoms with van der Waals surface area (Å²) in [6, 6.07) is 13.6. The van der Waals surface area contributed by atoms with Gasteiger partial charge in [-0.05, 0) is 42.9 Å². The maximum Gasteiger partial charge on any atom is 0.357 e. The number of hydrogen-bond donors (Lipinski definition) is 0. The number of hydrogen-bond acceptors (Lipinski definition) is 7. The zero-order valence-electron chi connectivity index (χ0n) is 20.0. The minimum Gasteiger partial charge on any atom is -0.497 e. The molecule has 0 aliphatic heterocycles. The lowest BCUT2D eigenvalue weighted by Crippen LogP contribution is -2.32. The molecular formula is C25H29BN2O5S. The molecule has 0 saturated carbocycles. The van der Waals surface area contributed by atoms with Crippen molar-refractivity contribution < 1.29 is 23.8 Å². The largest absolute Gasteiger partial charge is 0.497 e. The maximum absolute atomic E-state index is 13.6. The van der Waals surface area contributed by atoms with Crippen molar-refractivity contribution in [3.8, 4) is 11.5 Å². The first-order valence-electron chi connectivity index (χ1n) is 11.1. The van der Waals surface area contributed by atoms with E-state index in [4.69, 9.17) is 14.2 Å². The molecule has 0 fully saturated rings. The second kappa shape index (κ2) is 12.2. The molecule has 1 aromatic heterocycles. The number of esters is 1. The van der Waals surface area contributed by atoms with E-state index in [0.29, 0.717) is 28.6 Å². The minimum atomic E-state index is -0.458. The van der Waals surface area contributed by atoms with Gasteiger partial charge in [-0.1, -0.05) is 30.3 Å². The van der Waals surface area contributed by atoms with Gasteiger partial charge in [-0.3, -0.25) is 4.79 Å². The molecule has 3 aromatic rings. The molecule has 7 nitrogen and oxygen atoms in total. The van der Waals surface area contributed by atoms with E-state index < -0.39 is 5.97 Å². The van der Waals surface area contributed by atoms with Gasteiger partial charge in [-0.2, -0.15) is 0 Å². The Morgan fingerprint density at radius 3 is 2.38 bits per heavy atom. The fraction of sp³-hybridized carbons (Fsp3) is 0.320. The van der Waals surface area contributed by atoms with Crippen LogP contribution < -0.4 is 14.9 Å². The number of methoxy groups -OCH3 is 2. The van der Waals surface area contributed by atoms with Crippen LogP contribution in [-0.4, -0.2) is 57.0 Å². The fourth-order valence-electron chi connectivity index (χ4n) is 3.61. The summed E-state index contributed by atoms with van der Waals surface area (Å²) in [6.45, 7) is 2.85. The molecule has 0 aliphatic rings. The lowest BCUT2D eigenvalue weighted by molar-refractivity contribution is 0.0520. The predicted molar refractivity (Wildman–Crippen MR) is 135 cm³/mol. The van der Waals surface area contributed by atoms with Gasteiger partial charge in [-0.25, -0.2) is 9.78 Å². The molecule has 0 radical (unpaired) electrons. The van der Waals surface area contributed by atoms with Crippen LogP contribution >= 0.6 is 11.3 Å². The van der Waals surface area contributed by atoms with E-state index in [9.17, 15) is 9.59 Å². The molecule has 0 unspecified atom stereocenters. The quantitative estimate of drug-likeness (QED) is 0.310. The summed E-state index contributed by atoms with van der Waals surface area (Å²) in [7, 11) is 5.02. The van der Waals surface area contributed by atoms with Crippen LogP contribution in [-0.2, 0) is 17.7 Å². The van der Waals surface area contributed by atoms with Crippen LogP contribution in [0.4, 0.5) is 0 Å². The average molecular weight is 480 g/mol. The smallest absolute Gasteiger partial charge is 0.357 e. The lowest BCUT2D eigenvalue weighted by atomic mass is 9.92. The van der Waals surface area contributed by atoms with Crippen molar-refractivity contribution in [2.24, 2.45) is 0 Å². The lowest BCUT2D eigenvalue weighted by Gasteiger charge is -2.23.